The number of non-ortho nitro benzene ring substituents is 1. The predicted molar refractivity (Wildman–Crippen MR) is 97.2 cm³/mol. The summed E-state index contributed by atoms with van der Waals surface area (Å²) >= 11 is 7.69. The van der Waals surface area contributed by atoms with Crippen LogP contribution in [0, 0.1) is 20.2 Å². The maximum atomic E-state index is 13.5. The van der Waals surface area contributed by atoms with Gasteiger partial charge in [0.05, 0.1) is 43.3 Å². The summed E-state index contributed by atoms with van der Waals surface area (Å²) < 4.78 is 119. The first kappa shape index (κ1) is 26.4. The van der Waals surface area contributed by atoms with Gasteiger partial charge in [-0.25, -0.2) is 0 Å². The van der Waals surface area contributed by atoms with E-state index in [1.807, 2.05) is 0 Å². The molecule has 0 saturated carbocycles. The summed E-state index contributed by atoms with van der Waals surface area (Å²) in [6.07, 6.45) is -16.9. The monoisotopic (exact) mass is 575 g/mol. The van der Waals surface area contributed by atoms with Crippen LogP contribution in [0.4, 0.5) is 62.3 Å². The maximum Gasteiger partial charge on any atom is 0.418 e. The van der Waals surface area contributed by atoms with Crippen molar-refractivity contribution in [1.29, 1.82) is 0 Å². The highest BCUT2D eigenvalue weighted by atomic mass is 79.9. The van der Waals surface area contributed by atoms with E-state index in [0.717, 1.165) is 0 Å². The first-order valence-corrected chi connectivity index (χ1v) is 8.91. The Kier molecular flexibility index (Phi) is 6.82. The zero-order valence-corrected chi connectivity index (χ0v) is 17.3. The minimum absolute atomic E-state index is 0.0786. The molecule has 33 heavy (non-hydrogen) atoms. The number of nitrogens with one attached hydrogen (secondary N) is 1. The average Bonchev–Trinajstić information content (AvgIpc) is 2.60. The van der Waals surface area contributed by atoms with Crippen LogP contribution in [-0.4, -0.2) is 9.85 Å². The molecule has 2 aromatic carbocycles. The van der Waals surface area contributed by atoms with Gasteiger partial charge in [0, 0.05) is 10.5 Å². The lowest BCUT2D eigenvalue weighted by Gasteiger charge is -2.22. The van der Waals surface area contributed by atoms with Crippen LogP contribution in [0.5, 0.6) is 0 Å². The summed E-state index contributed by atoms with van der Waals surface area (Å²) in [5.41, 5.74) is -12.6. The van der Waals surface area contributed by atoms with Gasteiger partial charge in [-0.2, -0.15) is 39.5 Å². The summed E-state index contributed by atoms with van der Waals surface area (Å²) in [4.78, 5) is 19.2. The Morgan fingerprint density at radius 1 is 0.818 bits per heavy atom. The van der Waals surface area contributed by atoms with E-state index in [0.29, 0.717) is 0 Å². The van der Waals surface area contributed by atoms with E-state index in [9.17, 15) is 59.7 Å². The number of halogens is 11. The first-order chi connectivity index (χ1) is 14.8. The van der Waals surface area contributed by atoms with Crippen LogP contribution >= 0.6 is 27.5 Å². The van der Waals surface area contributed by atoms with Crippen LogP contribution in [0.1, 0.15) is 16.7 Å². The predicted octanol–water partition coefficient (Wildman–Crippen LogP) is 7.72. The summed E-state index contributed by atoms with van der Waals surface area (Å²) in [5.74, 6) is 0. The van der Waals surface area contributed by atoms with Gasteiger partial charge in [0.15, 0.2) is 0 Å². The molecule has 2 aromatic rings. The molecule has 0 atom stereocenters. The standard InChI is InChI=1S/C15H4BrClF9N3O4/c16-6-3-7(11(17)10(15(24,25)26)9(6)14(21,22)23)27-12-5(13(18,19)20)1-4(28(30)31)2-8(12)29(32)33/h1-3,27H. The van der Waals surface area contributed by atoms with Gasteiger partial charge in [0.25, 0.3) is 11.4 Å². The van der Waals surface area contributed by atoms with Gasteiger partial charge < -0.3 is 5.32 Å². The average molecular weight is 577 g/mol. The maximum absolute atomic E-state index is 13.5. The van der Waals surface area contributed by atoms with Gasteiger partial charge in [-0.3, -0.25) is 20.2 Å². The molecule has 0 aliphatic heterocycles. The van der Waals surface area contributed by atoms with Crippen molar-refractivity contribution >= 4 is 50.3 Å². The van der Waals surface area contributed by atoms with E-state index in [1.54, 1.807) is 5.32 Å². The van der Waals surface area contributed by atoms with Crippen LogP contribution in [0.15, 0.2) is 22.7 Å². The van der Waals surface area contributed by atoms with Crippen LogP contribution in [0.2, 0.25) is 5.02 Å². The van der Waals surface area contributed by atoms with Crippen LogP contribution in [-0.2, 0) is 18.5 Å². The number of rotatable bonds is 4. The molecule has 0 aliphatic rings. The third-order valence-electron chi connectivity index (χ3n) is 3.86. The highest BCUT2D eigenvalue weighted by Crippen LogP contribution is 2.51. The van der Waals surface area contributed by atoms with Crippen LogP contribution in [0.25, 0.3) is 0 Å². The van der Waals surface area contributed by atoms with Crippen molar-refractivity contribution in [2.45, 2.75) is 18.5 Å². The van der Waals surface area contributed by atoms with E-state index in [4.69, 9.17) is 11.6 Å². The number of benzene rings is 2. The second-order valence-electron chi connectivity index (χ2n) is 5.99. The third kappa shape index (κ3) is 5.40. The first-order valence-electron chi connectivity index (χ1n) is 7.74. The minimum Gasteiger partial charge on any atom is -0.348 e. The molecule has 0 spiro atoms. The van der Waals surface area contributed by atoms with Crippen molar-refractivity contribution in [2.75, 3.05) is 5.32 Å². The fourth-order valence-corrected chi connectivity index (χ4v) is 3.57. The highest BCUT2D eigenvalue weighted by molar-refractivity contribution is 9.10. The van der Waals surface area contributed by atoms with Gasteiger partial charge in [-0.15, -0.1) is 0 Å². The molecule has 0 aromatic heterocycles. The van der Waals surface area contributed by atoms with Crippen molar-refractivity contribution < 1.29 is 49.4 Å². The van der Waals surface area contributed by atoms with E-state index < -0.39 is 77.3 Å². The Morgan fingerprint density at radius 3 is 1.73 bits per heavy atom. The number of alkyl halides is 9. The van der Waals surface area contributed by atoms with E-state index in [-0.39, 0.29) is 18.2 Å². The summed E-state index contributed by atoms with van der Waals surface area (Å²) in [6, 6.07) is 0.161. The number of anilines is 2. The smallest absolute Gasteiger partial charge is 0.348 e. The van der Waals surface area contributed by atoms with Crippen LogP contribution < -0.4 is 5.32 Å². The Bertz CT molecular complexity index is 1150. The second kappa shape index (κ2) is 8.51. The normalized spacial score (nSPS) is 12.6. The lowest BCUT2D eigenvalue weighted by molar-refractivity contribution is -0.394. The quantitative estimate of drug-likeness (QED) is 0.228. The molecule has 0 amide bonds. The molecular weight excluding hydrogens is 573 g/mol. The molecule has 0 bridgehead atoms. The minimum atomic E-state index is -5.75. The molecule has 0 heterocycles. The van der Waals surface area contributed by atoms with Gasteiger partial charge in [0.2, 0.25) is 0 Å². The van der Waals surface area contributed by atoms with Crippen LogP contribution in [0.3, 0.4) is 0 Å². The molecule has 0 aliphatic carbocycles. The summed E-state index contributed by atoms with van der Waals surface area (Å²) in [7, 11) is 0. The number of hydrogen-bond acceptors (Lipinski definition) is 5. The highest BCUT2D eigenvalue weighted by Gasteiger charge is 2.48. The van der Waals surface area contributed by atoms with Crippen molar-refractivity contribution in [3.05, 3.63) is 64.6 Å². The number of nitro benzene ring substituents is 2. The molecule has 0 radical (unpaired) electrons. The second-order valence-corrected chi connectivity index (χ2v) is 7.22. The molecule has 7 nitrogen and oxygen atoms in total. The Hall–Kier alpha value is -2.82. The van der Waals surface area contributed by atoms with Crippen molar-refractivity contribution in [3.8, 4) is 0 Å². The third-order valence-corrected chi connectivity index (χ3v) is 4.88. The fraction of sp³-hybridized carbons (Fsp3) is 0.200. The van der Waals surface area contributed by atoms with Gasteiger partial charge in [-0.05, 0) is 6.07 Å². The SMILES string of the molecule is O=[N+]([O-])c1cc([N+](=O)[O-])c(Nc2cc(Br)c(C(F)(F)F)c(C(F)(F)F)c2Cl)c(C(F)(F)F)c1. The van der Waals surface area contributed by atoms with E-state index in [1.165, 1.54) is 0 Å². The molecule has 0 fully saturated rings. The molecule has 0 unspecified atom stereocenters. The Morgan fingerprint density at radius 2 is 1.33 bits per heavy atom. The molecule has 1 N–H and O–H groups in total. The molecule has 18 heteroatoms. The van der Waals surface area contributed by atoms with E-state index in [2.05, 4.69) is 15.9 Å². The summed E-state index contributed by atoms with van der Waals surface area (Å²) in [5, 5.41) is 21.9. The molecule has 0 saturated heterocycles. The number of nitrogens with zero attached hydrogens (tertiary/aromatic N) is 2. The summed E-state index contributed by atoms with van der Waals surface area (Å²) in [6.45, 7) is 0. The largest absolute Gasteiger partial charge is 0.418 e. The number of hydrogen-bond donors (Lipinski definition) is 1. The van der Waals surface area contributed by atoms with Crippen molar-refractivity contribution in [3.63, 3.8) is 0 Å². The zero-order chi connectivity index (χ0) is 25.7. The lowest BCUT2D eigenvalue weighted by Crippen LogP contribution is -2.19. The van der Waals surface area contributed by atoms with Crippen molar-refractivity contribution in [2.24, 2.45) is 0 Å². The Balaban J connectivity index is 2.93. The lowest BCUT2D eigenvalue weighted by atomic mass is 10.0. The van der Waals surface area contributed by atoms with E-state index >= 15 is 0 Å². The van der Waals surface area contributed by atoms with Gasteiger partial charge >= 0.3 is 18.5 Å². The molecular formula is C15H4BrClF9N3O4. The number of nitro groups is 2. The molecule has 2 rings (SSSR count). The zero-order valence-electron chi connectivity index (χ0n) is 14.9. The molecule has 180 valence electrons. The van der Waals surface area contributed by atoms with Gasteiger partial charge in [-0.1, -0.05) is 27.5 Å². The fourth-order valence-electron chi connectivity index (χ4n) is 2.61. The van der Waals surface area contributed by atoms with Gasteiger partial charge in [0.1, 0.15) is 5.69 Å². The Labute approximate surface area is 188 Å². The topological polar surface area (TPSA) is 98.3 Å². The van der Waals surface area contributed by atoms with Crippen molar-refractivity contribution in [1.82, 2.24) is 0 Å².